The highest BCUT2D eigenvalue weighted by atomic mass is 16.1. The van der Waals surface area contributed by atoms with Gasteiger partial charge in [0.05, 0.1) is 0 Å². The van der Waals surface area contributed by atoms with Gasteiger partial charge >= 0.3 is 0 Å². The highest BCUT2D eigenvalue weighted by Crippen LogP contribution is 2.13. The quantitative estimate of drug-likeness (QED) is 0.662. The molecule has 11 heavy (non-hydrogen) atoms. The maximum Gasteiger partial charge on any atom is 0.220 e. The molecular weight excluding hydrogens is 138 g/mol. The van der Waals surface area contributed by atoms with Crippen molar-refractivity contribution in [2.45, 2.75) is 51.5 Å². The second kappa shape index (κ2) is 4.37. The van der Waals surface area contributed by atoms with Gasteiger partial charge in [-0.2, -0.15) is 0 Å². The average molecular weight is 155 g/mol. The lowest BCUT2D eigenvalue weighted by Crippen LogP contribution is -2.38. The fourth-order valence-electron chi connectivity index (χ4n) is 1.55. The second-order valence-electron chi connectivity index (χ2n) is 3.30. The summed E-state index contributed by atoms with van der Waals surface area (Å²) in [6.07, 6.45) is 6.65. The minimum atomic E-state index is 0.248. The molecule has 0 aromatic heterocycles. The van der Waals surface area contributed by atoms with Gasteiger partial charge in [-0.25, -0.2) is 0 Å². The lowest BCUT2D eigenvalue weighted by Gasteiger charge is -2.22. The van der Waals surface area contributed by atoms with Gasteiger partial charge in [0, 0.05) is 12.5 Å². The molecule has 1 fully saturated rings. The topological polar surface area (TPSA) is 29.1 Å². The van der Waals surface area contributed by atoms with Crippen LogP contribution < -0.4 is 5.32 Å². The van der Waals surface area contributed by atoms with Gasteiger partial charge in [-0.05, 0) is 19.3 Å². The smallest absolute Gasteiger partial charge is 0.220 e. The third kappa shape index (κ3) is 2.91. The molecule has 2 heteroatoms. The van der Waals surface area contributed by atoms with Gasteiger partial charge in [0.25, 0.3) is 0 Å². The molecule has 0 aliphatic carbocycles. The van der Waals surface area contributed by atoms with Gasteiger partial charge < -0.3 is 5.32 Å². The van der Waals surface area contributed by atoms with E-state index in [9.17, 15) is 4.79 Å². The molecule has 0 aromatic carbocycles. The van der Waals surface area contributed by atoms with Crippen LogP contribution in [0.4, 0.5) is 0 Å². The van der Waals surface area contributed by atoms with E-state index in [1.165, 1.54) is 25.7 Å². The summed E-state index contributed by atoms with van der Waals surface area (Å²) in [6, 6.07) is 0.483. The Morgan fingerprint density at radius 3 is 3.09 bits per heavy atom. The van der Waals surface area contributed by atoms with Crippen LogP contribution in [0.2, 0.25) is 0 Å². The number of nitrogens with one attached hydrogen (secondary N) is 1. The standard InChI is InChI=1S/C9H17NO/c1-2-3-5-8-6-4-7-9(11)10-8/h8H,2-7H2,1H3,(H,10,11)/t8-/m1/s1. The summed E-state index contributed by atoms with van der Waals surface area (Å²) in [5.41, 5.74) is 0. The predicted molar refractivity (Wildman–Crippen MR) is 45.3 cm³/mol. The summed E-state index contributed by atoms with van der Waals surface area (Å²) in [5.74, 6) is 0.248. The van der Waals surface area contributed by atoms with Crippen LogP contribution in [0.3, 0.4) is 0 Å². The van der Waals surface area contributed by atoms with E-state index in [1.54, 1.807) is 0 Å². The molecule has 64 valence electrons. The molecule has 1 aliphatic heterocycles. The Balaban J connectivity index is 2.17. The molecule has 1 saturated heterocycles. The molecule has 0 radical (unpaired) electrons. The first-order valence-corrected chi connectivity index (χ1v) is 4.62. The Morgan fingerprint density at radius 2 is 2.45 bits per heavy atom. The van der Waals surface area contributed by atoms with E-state index in [1.807, 2.05) is 0 Å². The number of carbonyl (C=O) groups is 1. The van der Waals surface area contributed by atoms with Crippen molar-refractivity contribution < 1.29 is 4.79 Å². The summed E-state index contributed by atoms with van der Waals surface area (Å²) in [5, 5.41) is 3.01. The van der Waals surface area contributed by atoms with Crippen molar-refractivity contribution in [2.75, 3.05) is 0 Å². The third-order valence-electron chi connectivity index (χ3n) is 2.23. The fourth-order valence-corrected chi connectivity index (χ4v) is 1.55. The van der Waals surface area contributed by atoms with Gasteiger partial charge in [-0.3, -0.25) is 4.79 Å². The zero-order chi connectivity index (χ0) is 8.10. The van der Waals surface area contributed by atoms with Crippen LogP contribution in [0, 0.1) is 0 Å². The molecule has 1 heterocycles. The maximum atomic E-state index is 10.9. The number of unbranched alkanes of at least 4 members (excludes halogenated alkanes) is 1. The summed E-state index contributed by atoms with van der Waals surface area (Å²) in [4.78, 5) is 10.9. The fraction of sp³-hybridized carbons (Fsp3) is 0.889. The predicted octanol–water partition coefficient (Wildman–Crippen LogP) is 1.85. The second-order valence-corrected chi connectivity index (χ2v) is 3.30. The van der Waals surface area contributed by atoms with E-state index in [0.717, 1.165) is 12.8 Å². The summed E-state index contributed by atoms with van der Waals surface area (Å²) in [7, 11) is 0. The molecule has 0 saturated carbocycles. The summed E-state index contributed by atoms with van der Waals surface area (Å²) < 4.78 is 0. The number of hydrogen-bond donors (Lipinski definition) is 1. The molecule has 0 spiro atoms. The Hall–Kier alpha value is -0.530. The van der Waals surface area contributed by atoms with Crippen LogP contribution in [-0.4, -0.2) is 11.9 Å². The number of piperidine rings is 1. The van der Waals surface area contributed by atoms with Crippen LogP contribution in [0.1, 0.15) is 45.4 Å². The van der Waals surface area contributed by atoms with E-state index in [2.05, 4.69) is 12.2 Å². The molecule has 0 unspecified atom stereocenters. The van der Waals surface area contributed by atoms with E-state index in [-0.39, 0.29) is 5.91 Å². The van der Waals surface area contributed by atoms with Crippen molar-refractivity contribution in [1.82, 2.24) is 5.32 Å². The molecule has 0 aromatic rings. The number of amides is 1. The molecular formula is C9H17NO. The van der Waals surface area contributed by atoms with E-state index in [0.29, 0.717) is 6.04 Å². The van der Waals surface area contributed by atoms with Gasteiger partial charge in [0.2, 0.25) is 5.91 Å². The number of rotatable bonds is 3. The van der Waals surface area contributed by atoms with E-state index in [4.69, 9.17) is 0 Å². The Kier molecular flexibility index (Phi) is 3.40. The maximum absolute atomic E-state index is 10.9. The van der Waals surface area contributed by atoms with Crippen LogP contribution in [0.25, 0.3) is 0 Å². The lowest BCUT2D eigenvalue weighted by atomic mass is 10.00. The van der Waals surface area contributed by atoms with Crippen LogP contribution in [-0.2, 0) is 4.79 Å². The molecule has 1 N–H and O–H groups in total. The Labute approximate surface area is 68.4 Å². The van der Waals surface area contributed by atoms with Crippen molar-refractivity contribution in [3.8, 4) is 0 Å². The Bertz CT molecular complexity index is 134. The first-order valence-electron chi connectivity index (χ1n) is 4.62. The normalized spacial score (nSPS) is 24.8. The van der Waals surface area contributed by atoms with Crippen LogP contribution in [0.15, 0.2) is 0 Å². The molecule has 2 nitrogen and oxygen atoms in total. The first-order chi connectivity index (χ1) is 5.33. The molecule has 1 atom stereocenters. The Morgan fingerprint density at radius 1 is 1.64 bits per heavy atom. The molecule has 1 aliphatic rings. The highest BCUT2D eigenvalue weighted by molar-refractivity contribution is 5.76. The van der Waals surface area contributed by atoms with Crippen LogP contribution in [0.5, 0.6) is 0 Å². The van der Waals surface area contributed by atoms with Crippen molar-refractivity contribution in [1.29, 1.82) is 0 Å². The van der Waals surface area contributed by atoms with Gasteiger partial charge in [-0.15, -0.1) is 0 Å². The SMILES string of the molecule is CCCC[C@@H]1CCCC(=O)N1. The van der Waals surface area contributed by atoms with Gasteiger partial charge in [-0.1, -0.05) is 19.8 Å². The third-order valence-corrected chi connectivity index (χ3v) is 2.23. The largest absolute Gasteiger partial charge is 0.353 e. The molecule has 1 rings (SSSR count). The lowest BCUT2D eigenvalue weighted by molar-refractivity contribution is -0.123. The zero-order valence-corrected chi connectivity index (χ0v) is 7.23. The summed E-state index contributed by atoms with van der Waals surface area (Å²) >= 11 is 0. The van der Waals surface area contributed by atoms with Crippen molar-refractivity contribution in [3.05, 3.63) is 0 Å². The van der Waals surface area contributed by atoms with E-state index >= 15 is 0 Å². The molecule has 0 bridgehead atoms. The minimum Gasteiger partial charge on any atom is -0.353 e. The van der Waals surface area contributed by atoms with Crippen molar-refractivity contribution >= 4 is 5.91 Å². The summed E-state index contributed by atoms with van der Waals surface area (Å²) in [6.45, 7) is 2.19. The number of hydrogen-bond acceptors (Lipinski definition) is 1. The number of carbonyl (C=O) groups excluding carboxylic acids is 1. The zero-order valence-electron chi connectivity index (χ0n) is 7.23. The minimum absolute atomic E-state index is 0.248. The van der Waals surface area contributed by atoms with Crippen molar-refractivity contribution in [2.24, 2.45) is 0 Å². The first kappa shape index (κ1) is 8.57. The van der Waals surface area contributed by atoms with Gasteiger partial charge in [0.15, 0.2) is 0 Å². The highest BCUT2D eigenvalue weighted by Gasteiger charge is 2.16. The van der Waals surface area contributed by atoms with Crippen LogP contribution >= 0.6 is 0 Å². The monoisotopic (exact) mass is 155 g/mol. The van der Waals surface area contributed by atoms with Crippen molar-refractivity contribution in [3.63, 3.8) is 0 Å². The average Bonchev–Trinajstić information content (AvgIpc) is 2.01. The van der Waals surface area contributed by atoms with E-state index < -0.39 is 0 Å². The molecule has 1 amide bonds. The van der Waals surface area contributed by atoms with Gasteiger partial charge in [0.1, 0.15) is 0 Å².